The molecule has 122 valence electrons. The lowest BCUT2D eigenvalue weighted by Crippen LogP contribution is -2.42. The number of piperidine rings is 1. The fourth-order valence-electron chi connectivity index (χ4n) is 3.00. The first-order chi connectivity index (χ1) is 11.1. The van der Waals surface area contributed by atoms with Gasteiger partial charge < -0.3 is 9.32 Å². The highest BCUT2D eigenvalue weighted by Crippen LogP contribution is 2.28. The highest BCUT2D eigenvalue weighted by atomic mass is 32.2. The monoisotopic (exact) mass is 331 g/mol. The Hall–Kier alpha value is -1.82. The molecule has 3 rings (SSSR count). The maximum atomic E-state index is 13.0. The average molecular weight is 331 g/mol. The van der Waals surface area contributed by atoms with Crippen LogP contribution in [0.25, 0.3) is 11.6 Å². The van der Waals surface area contributed by atoms with Crippen LogP contribution in [-0.2, 0) is 0 Å². The first kappa shape index (κ1) is 16.1. The standard InChI is InChI=1S/C17H21N3O2S/c1-11-7-4-5-9-20(11)17(21)14-12(2)18-15(19-16(14)23-3)13-8-6-10-22-13/h6,8,10-11H,4-5,7,9H2,1-3H3. The maximum Gasteiger partial charge on any atom is 0.258 e. The van der Waals surface area contributed by atoms with Gasteiger partial charge in [0.25, 0.3) is 5.91 Å². The zero-order valence-corrected chi connectivity index (χ0v) is 14.5. The van der Waals surface area contributed by atoms with Gasteiger partial charge in [-0.3, -0.25) is 4.79 Å². The van der Waals surface area contributed by atoms with Crippen molar-refractivity contribution in [1.29, 1.82) is 0 Å². The van der Waals surface area contributed by atoms with Crippen LogP contribution in [0.5, 0.6) is 0 Å². The van der Waals surface area contributed by atoms with Crippen molar-refractivity contribution in [3.8, 4) is 11.6 Å². The molecule has 1 unspecified atom stereocenters. The molecule has 0 spiro atoms. The third kappa shape index (κ3) is 3.13. The molecular weight excluding hydrogens is 310 g/mol. The third-order valence-electron chi connectivity index (χ3n) is 4.27. The van der Waals surface area contributed by atoms with Gasteiger partial charge in [-0.15, -0.1) is 11.8 Å². The summed E-state index contributed by atoms with van der Waals surface area (Å²) in [6, 6.07) is 3.91. The molecular formula is C17H21N3O2S. The van der Waals surface area contributed by atoms with Gasteiger partial charge in [-0.2, -0.15) is 0 Å². The minimum absolute atomic E-state index is 0.0463. The maximum absolute atomic E-state index is 13.0. The van der Waals surface area contributed by atoms with E-state index in [9.17, 15) is 4.79 Å². The number of likely N-dealkylation sites (tertiary alicyclic amines) is 1. The summed E-state index contributed by atoms with van der Waals surface area (Å²) in [6.07, 6.45) is 6.85. The van der Waals surface area contributed by atoms with Gasteiger partial charge in [0.05, 0.1) is 17.5 Å². The molecule has 0 saturated carbocycles. The Bertz CT molecular complexity index is 700. The van der Waals surface area contributed by atoms with E-state index in [-0.39, 0.29) is 11.9 Å². The second-order valence-corrected chi connectivity index (χ2v) is 6.63. The van der Waals surface area contributed by atoms with Crippen LogP contribution in [0.2, 0.25) is 0 Å². The topological polar surface area (TPSA) is 59.2 Å². The van der Waals surface area contributed by atoms with Crippen molar-refractivity contribution >= 4 is 17.7 Å². The summed E-state index contributed by atoms with van der Waals surface area (Å²) in [5.74, 6) is 1.19. The van der Waals surface area contributed by atoms with E-state index in [4.69, 9.17) is 4.42 Å². The van der Waals surface area contributed by atoms with Gasteiger partial charge in [-0.25, -0.2) is 9.97 Å². The van der Waals surface area contributed by atoms with Gasteiger partial charge in [0.2, 0.25) is 0 Å². The molecule has 3 heterocycles. The summed E-state index contributed by atoms with van der Waals surface area (Å²) >= 11 is 1.47. The molecule has 2 aromatic rings. The molecule has 0 aliphatic carbocycles. The number of nitrogens with zero attached hydrogens (tertiary/aromatic N) is 3. The van der Waals surface area contributed by atoms with E-state index in [1.165, 1.54) is 18.2 Å². The first-order valence-electron chi connectivity index (χ1n) is 7.89. The number of carbonyl (C=O) groups is 1. The third-order valence-corrected chi connectivity index (χ3v) is 4.95. The number of aryl methyl sites for hydroxylation is 1. The van der Waals surface area contributed by atoms with E-state index in [0.717, 1.165) is 19.4 Å². The summed E-state index contributed by atoms with van der Waals surface area (Å²) in [4.78, 5) is 24.0. The molecule has 1 aliphatic rings. The minimum Gasteiger partial charge on any atom is -0.461 e. The van der Waals surface area contributed by atoms with E-state index in [1.807, 2.05) is 24.1 Å². The van der Waals surface area contributed by atoms with Crippen molar-refractivity contribution in [2.75, 3.05) is 12.8 Å². The van der Waals surface area contributed by atoms with Crippen molar-refractivity contribution < 1.29 is 9.21 Å². The molecule has 1 atom stereocenters. The molecule has 1 fully saturated rings. The van der Waals surface area contributed by atoms with Gasteiger partial charge in [-0.05, 0) is 51.5 Å². The van der Waals surface area contributed by atoms with E-state index >= 15 is 0 Å². The number of amides is 1. The lowest BCUT2D eigenvalue weighted by atomic mass is 10.0. The normalized spacial score (nSPS) is 18.2. The van der Waals surface area contributed by atoms with E-state index < -0.39 is 0 Å². The molecule has 0 N–H and O–H groups in total. The highest BCUT2D eigenvalue weighted by Gasteiger charge is 2.28. The van der Waals surface area contributed by atoms with Gasteiger partial charge in [0, 0.05) is 12.6 Å². The van der Waals surface area contributed by atoms with Crippen LogP contribution in [0, 0.1) is 6.92 Å². The van der Waals surface area contributed by atoms with Crippen LogP contribution in [0.1, 0.15) is 42.2 Å². The molecule has 1 saturated heterocycles. The number of carbonyl (C=O) groups excluding carboxylic acids is 1. The Morgan fingerprint density at radius 2 is 2.22 bits per heavy atom. The molecule has 5 nitrogen and oxygen atoms in total. The zero-order valence-electron chi connectivity index (χ0n) is 13.7. The Morgan fingerprint density at radius 1 is 1.39 bits per heavy atom. The molecule has 1 aliphatic heterocycles. The molecule has 0 aromatic carbocycles. The summed E-state index contributed by atoms with van der Waals surface area (Å²) in [5, 5.41) is 0.715. The lowest BCUT2D eigenvalue weighted by Gasteiger charge is -2.34. The number of furan rings is 1. The predicted molar refractivity (Wildman–Crippen MR) is 90.6 cm³/mol. The van der Waals surface area contributed by atoms with Gasteiger partial charge in [0.15, 0.2) is 11.6 Å². The summed E-state index contributed by atoms with van der Waals surface area (Å²) in [7, 11) is 0. The fraction of sp³-hybridized carbons (Fsp3) is 0.471. The van der Waals surface area contributed by atoms with Crippen molar-refractivity contribution in [2.45, 2.75) is 44.2 Å². The van der Waals surface area contributed by atoms with Crippen molar-refractivity contribution in [1.82, 2.24) is 14.9 Å². The molecule has 23 heavy (non-hydrogen) atoms. The quantitative estimate of drug-likeness (QED) is 0.633. The second-order valence-electron chi connectivity index (χ2n) is 5.84. The van der Waals surface area contributed by atoms with Crippen molar-refractivity contribution in [2.24, 2.45) is 0 Å². The van der Waals surface area contributed by atoms with E-state index in [2.05, 4.69) is 16.9 Å². The van der Waals surface area contributed by atoms with Crippen LogP contribution in [0.15, 0.2) is 27.8 Å². The Morgan fingerprint density at radius 3 is 2.87 bits per heavy atom. The highest BCUT2D eigenvalue weighted by molar-refractivity contribution is 7.98. The smallest absolute Gasteiger partial charge is 0.258 e. The molecule has 6 heteroatoms. The zero-order chi connectivity index (χ0) is 16.4. The Kier molecular flexibility index (Phi) is 4.71. The number of hydrogen-bond donors (Lipinski definition) is 0. The number of thioether (sulfide) groups is 1. The molecule has 2 aromatic heterocycles. The van der Waals surface area contributed by atoms with Crippen LogP contribution in [0.4, 0.5) is 0 Å². The summed E-state index contributed by atoms with van der Waals surface area (Å²) in [5.41, 5.74) is 1.33. The molecule has 0 bridgehead atoms. The fourth-order valence-corrected chi connectivity index (χ4v) is 3.62. The van der Waals surface area contributed by atoms with Gasteiger partial charge in [0.1, 0.15) is 5.03 Å². The van der Waals surface area contributed by atoms with Crippen molar-refractivity contribution in [3.05, 3.63) is 29.7 Å². The Balaban J connectivity index is 2.00. The van der Waals surface area contributed by atoms with Crippen LogP contribution < -0.4 is 0 Å². The number of rotatable bonds is 3. The first-order valence-corrected chi connectivity index (χ1v) is 9.11. The molecule has 0 radical (unpaired) electrons. The van der Waals surface area contributed by atoms with E-state index in [0.29, 0.717) is 27.9 Å². The number of aromatic nitrogens is 2. The number of hydrogen-bond acceptors (Lipinski definition) is 5. The van der Waals surface area contributed by atoms with Gasteiger partial charge in [-0.1, -0.05) is 0 Å². The summed E-state index contributed by atoms with van der Waals surface area (Å²) in [6.45, 7) is 4.80. The van der Waals surface area contributed by atoms with E-state index in [1.54, 1.807) is 12.3 Å². The molecule has 1 amide bonds. The summed E-state index contributed by atoms with van der Waals surface area (Å²) < 4.78 is 5.38. The van der Waals surface area contributed by atoms with Gasteiger partial charge >= 0.3 is 0 Å². The average Bonchev–Trinajstić information content (AvgIpc) is 3.08. The lowest BCUT2D eigenvalue weighted by molar-refractivity contribution is 0.0629. The largest absolute Gasteiger partial charge is 0.461 e. The predicted octanol–water partition coefficient (Wildman–Crippen LogP) is 3.78. The van der Waals surface area contributed by atoms with Crippen molar-refractivity contribution in [3.63, 3.8) is 0 Å². The Labute approximate surface area is 140 Å². The van der Waals surface area contributed by atoms with Crippen LogP contribution >= 0.6 is 11.8 Å². The second kappa shape index (κ2) is 6.74. The SMILES string of the molecule is CSc1nc(-c2ccco2)nc(C)c1C(=O)N1CCCCC1C. The van der Waals surface area contributed by atoms with Crippen LogP contribution in [0.3, 0.4) is 0 Å². The van der Waals surface area contributed by atoms with Crippen LogP contribution in [-0.4, -0.2) is 39.6 Å². The minimum atomic E-state index is 0.0463.